The zero-order valence-corrected chi connectivity index (χ0v) is 18.0. The van der Waals surface area contributed by atoms with Crippen molar-refractivity contribution in [1.29, 1.82) is 0 Å². The van der Waals surface area contributed by atoms with Crippen LogP contribution in [-0.4, -0.2) is 20.2 Å². The molecule has 160 valence electrons. The Balaban J connectivity index is 1.72. The third-order valence-electron chi connectivity index (χ3n) is 4.51. The molecule has 0 aromatic heterocycles. The van der Waals surface area contributed by atoms with Gasteiger partial charge in [-0.3, -0.25) is 9.59 Å². The van der Waals surface area contributed by atoms with Crippen LogP contribution in [0.25, 0.3) is 0 Å². The summed E-state index contributed by atoms with van der Waals surface area (Å²) in [4.78, 5) is 23.9. The number of anilines is 2. The van der Waals surface area contributed by atoms with Crippen LogP contribution in [0.4, 0.5) is 11.4 Å². The van der Waals surface area contributed by atoms with Gasteiger partial charge in [-0.2, -0.15) is 0 Å². The summed E-state index contributed by atoms with van der Waals surface area (Å²) in [5.74, 6) is -0.620. The van der Waals surface area contributed by atoms with E-state index >= 15 is 0 Å². The van der Waals surface area contributed by atoms with E-state index in [2.05, 4.69) is 15.4 Å². The highest BCUT2D eigenvalue weighted by Gasteiger charge is 2.16. The van der Waals surface area contributed by atoms with Crippen molar-refractivity contribution in [2.75, 3.05) is 10.6 Å². The fourth-order valence-electron chi connectivity index (χ4n) is 2.94. The van der Waals surface area contributed by atoms with Gasteiger partial charge >= 0.3 is 0 Å². The van der Waals surface area contributed by atoms with Crippen molar-refractivity contribution in [1.82, 2.24) is 4.72 Å². The van der Waals surface area contributed by atoms with E-state index in [1.165, 1.54) is 25.1 Å². The Morgan fingerprint density at radius 1 is 0.871 bits per heavy atom. The summed E-state index contributed by atoms with van der Waals surface area (Å²) in [6.45, 7) is 3.39. The molecule has 0 aliphatic carbocycles. The number of nitrogens with one attached hydrogen (secondary N) is 3. The van der Waals surface area contributed by atoms with Crippen LogP contribution >= 0.6 is 0 Å². The number of hydrogen-bond donors (Lipinski definition) is 3. The van der Waals surface area contributed by atoms with E-state index in [9.17, 15) is 18.0 Å². The number of aryl methyl sites for hydroxylation is 1. The zero-order valence-electron chi connectivity index (χ0n) is 17.2. The third kappa shape index (κ3) is 6.00. The highest BCUT2D eigenvalue weighted by Crippen LogP contribution is 2.21. The van der Waals surface area contributed by atoms with Crippen LogP contribution in [-0.2, 0) is 21.4 Å². The number of amides is 2. The minimum Gasteiger partial charge on any atom is -0.326 e. The van der Waals surface area contributed by atoms with Crippen molar-refractivity contribution in [3.63, 3.8) is 0 Å². The molecule has 3 aromatic rings. The largest absolute Gasteiger partial charge is 0.326 e. The molecule has 0 unspecified atom stereocenters. The highest BCUT2D eigenvalue weighted by atomic mass is 32.2. The standard InChI is InChI=1S/C23H23N3O4S/c1-16-13-20(11-12-22(16)25-17(2)27)26-23(28)19-9-6-10-21(14-19)31(29,30)24-15-18-7-4-3-5-8-18/h3-14,24H,15H2,1-2H3,(H,25,27)(H,26,28). The second-order valence-electron chi connectivity index (χ2n) is 7.00. The van der Waals surface area contributed by atoms with E-state index in [4.69, 9.17) is 0 Å². The molecule has 0 radical (unpaired) electrons. The van der Waals surface area contributed by atoms with Crippen LogP contribution in [0.1, 0.15) is 28.4 Å². The summed E-state index contributed by atoms with van der Waals surface area (Å²) in [5.41, 5.74) is 3.02. The van der Waals surface area contributed by atoms with Crippen LogP contribution < -0.4 is 15.4 Å². The lowest BCUT2D eigenvalue weighted by atomic mass is 10.1. The van der Waals surface area contributed by atoms with E-state index in [0.717, 1.165) is 11.1 Å². The molecule has 0 aliphatic rings. The zero-order chi connectivity index (χ0) is 22.4. The van der Waals surface area contributed by atoms with E-state index in [-0.39, 0.29) is 22.9 Å². The van der Waals surface area contributed by atoms with Gasteiger partial charge in [-0.15, -0.1) is 0 Å². The summed E-state index contributed by atoms with van der Waals surface area (Å²) in [5, 5.41) is 5.46. The lowest BCUT2D eigenvalue weighted by Gasteiger charge is -2.11. The number of rotatable bonds is 7. The van der Waals surface area contributed by atoms with Crippen molar-refractivity contribution in [2.45, 2.75) is 25.3 Å². The topological polar surface area (TPSA) is 104 Å². The minimum atomic E-state index is -3.78. The van der Waals surface area contributed by atoms with Gasteiger partial charge in [0.25, 0.3) is 5.91 Å². The van der Waals surface area contributed by atoms with Gasteiger partial charge in [0.15, 0.2) is 0 Å². The van der Waals surface area contributed by atoms with E-state index < -0.39 is 15.9 Å². The second-order valence-corrected chi connectivity index (χ2v) is 8.77. The second kappa shape index (κ2) is 9.55. The SMILES string of the molecule is CC(=O)Nc1ccc(NC(=O)c2cccc(S(=O)(=O)NCc3ccccc3)c2)cc1C. The molecule has 0 spiro atoms. The summed E-state index contributed by atoms with van der Waals surface area (Å²) in [6, 6.07) is 20.1. The minimum absolute atomic E-state index is 0.00766. The van der Waals surface area contributed by atoms with Gasteiger partial charge in [0, 0.05) is 30.4 Å². The Bertz CT molecular complexity index is 1210. The van der Waals surface area contributed by atoms with Crippen LogP contribution in [0.5, 0.6) is 0 Å². The predicted octanol–water partition coefficient (Wildman–Crippen LogP) is 3.68. The molecule has 3 rings (SSSR count). The quantitative estimate of drug-likeness (QED) is 0.524. The molecule has 8 heteroatoms. The molecule has 2 amide bonds. The molecule has 0 saturated carbocycles. The maximum atomic E-state index is 12.7. The first-order valence-corrected chi connectivity index (χ1v) is 11.1. The van der Waals surface area contributed by atoms with Crippen LogP contribution in [0, 0.1) is 6.92 Å². The lowest BCUT2D eigenvalue weighted by Crippen LogP contribution is -2.23. The Labute approximate surface area is 181 Å². The first kappa shape index (κ1) is 22.2. The summed E-state index contributed by atoms with van der Waals surface area (Å²) in [6.07, 6.45) is 0. The monoisotopic (exact) mass is 437 g/mol. The molecular weight excluding hydrogens is 414 g/mol. The predicted molar refractivity (Wildman–Crippen MR) is 120 cm³/mol. The van der Waals surface area contributed by atoms with Gasteiger partial charge in [0.2, 0.25) is 15.9 Å². The maximum absolute atomic E-state index is 12.7. The van der Waals surface area contributed by atoms with Crippen molar-refractivity contribution >= 4 is 33.2 Å². The Kier molecular flexibility index (Phi) is 6.84. The molecule has 0 bridgehead atoms. The molecule has 3 aromatic carbocycles. The van der Waals surface area contributed by atoms with Crippen LogP contribution in [0.2, 0.25) is 0 Å². The molecule has 31 heavy (non-hydrogen) atoms. The van der Waals surface area contributed by atoms with Crippen molar-refractivity contribution in [2.24, 2.45) is 0 Å². The van der Waals surface area contributed by atoms with Gasteiger partial charge < -0.3 is 10.6 Å². The first-order chi connectivity index (χ1) is 14.7. The third-order valence-corrected chi connectivity index (χ3v) is 5.91. The van der Waals surface area contributed by atoms with Crippen LogP contribution in [0.15, 0.2) is 77.7 Å². The number of sulfonamides is 1. The van der Waals surface area contributed by atoms with Gasteiger partial charge in [0.05, 0.1) is 4.90 Å². The van der Waals surface area contributed by atoms with Crippen molar-refractivity contribution < 1.29 is 18.0 Å². The summed E-state index contributed by atoms with van der Waals surface area (Å²) in [7, 11) is -3.78. The highest BCUT2D eigenvalue weighted by molar-refractivity contribution is 7.89. The Morgan fingerprint density at radius 2 is 1.61 bits per heavy atom. The number of carbonyl (C=O) groups excluding carboxylic acids is 2. The number of carbonyl (C=O) groups is 2. The smallest absolute Gasteiger partial charge is 0.255 e. The van der Waals surface area contributed by atoms with Crippen molar-refractivity contribution in [3.05, 3.63) is 89.5 Å². The number of benzene rings is 3. The summed E-state index contributed by atoms with van der Waals surface area (Å²) >= 11 is 0. The normalized spacial score (nSPS) is 11.0. The maximum Gasteiger partial charge on any atom is 0.255 e. The average Bonchev–Trinajstić information content (AvgIpc) is 2.75. The van der Waals surface area contributed by atoms with E-state index in [0.29, 0.717) is 11.4 Å². The molecule has 0 saturated heterocycles. The summed E-state index contributed by atoms with van der Waals surface area (Å²) < 4.78 is 27.8. The molecule has 3 N–H and O–H groups in total. The average molecular weight is 438 g/mol. The molecule has 7 nitrogen and oxygen atoms in total. The molecule has 0 fully saturated rings. The fraction of sp³-hybridized carbons (Fsp3) is 0.130. The molecule has 0 aliphatic heterocycles. The van der Waals surface area contributed by atoms with Crippen molar-refractivity contribution in [3.8, 4) is 0 Å². The Hall–Kier alpha value is -3.49. The number of hydrogen-bond acceptors (Lipinski definition) is 4. The Morgan fingerprint density at radius 3 is 2.29 bits per heavy atom. The lowest BCUT2D eigenvalue weighted by molar-refractivity contribution is -0.114. The van der Waals surface area contributed by atoms with Gasteiger partial charge in [-0.1, -0.05) is 36.4 Å². The van der Waals surface area contributed by atoms with Gasteiger partial charge in [-0.05, 0) is 54.4 Å². The molecule has 0 atom stereocenters. The van der Waals surface area contributed by atoms with E-state index in [1.807, 2.05) is 37.3 Å². The molecular formula is C23H23N3O4S. The van der Waals surface area contributed by atoms with Gasteiger partial charge in [0.1, 0.15) is 0 Å². The fourth-order valence-corrected chi connectivity index (χ4v) is 4.00. The first-order valence-electron chi connectivity index (χ1n) is 9.58. The van der Waals surface area contributed by atoms with E-state index in [1.54, 1.807) is 24.3 Å². The molecule has 0 heterocycles. The van der Waals surface area contributed by atoms with Crippen LogP contribution in [0.3, 0.4) is 0 Å². The van der Waals surface area contributed by atoms with Gasteiger partial charge in [-0.25, -0.2) is 13.1 Å².